The van der Waals surface area contributed by atoms with Gasteiger partial charge >= 0.3 is 5.97 Å². The molecule has 0 saturated carbocycles. The molecule has 6 nitrogen and oxygen atoms in total. The first-order valence-corrected chi connectivity index (χ1v) is 8.67. The number of hydrogen-bond acceptors (Lipinski definition) is 7. The molecule has 3 rings (SSSR count). The minimum Gasteiger partial charge on any atom is -0.463 e. The summed E-state index contributed by atoms with van der Waals surface area (Å²) < 4.78 is 10.4. The lowest BCUT2D eigenvalue weighted by Gasteiger charge is -2.09. The highest BCUT2D eigenvalue weighted by Gasteiger charge is 2.35. The molecular weight excluding hydrogens is 374 g/mol. The van der Waals surface area contributed by atoms with Gasteiger partial charge in [0.2, 0.25) is 5.76 Å². The maximum absolute atomic E-state index is 12.4. The minimum atomic E-state index is -0.621. The zero-order valence-electron chi connectivity index (χ0n) is 12.3. The Morgan fingerprint density at radius 2 is 2.12 bits per heavy atom. The van der Waals surface area contributed by atoms with Crippen LogP contribution in [-0.4, -0.2) is 29.1 Å². The Morgan fingerprint density at radius 3 is 2.79 bits per heavy atom. The number of carbonyl (C=O) groups is 3. The van der Waals surface area contributed by atoms with Gasteiger partial charge in [0.25, 0.3) is 11.1 Å². The Balaban J connectivity index is 1.76. The summed E-state index contributed by atoms with van der Waals surface area (Å²) in [5.74, 6) is -0.697. The highest BCUT2D eigenvalue weighted by Crippen LogP contribution is 2.35. The molecule has 2 amide bonds. The fraction of sp³-hybridized carbons (Fsp3) is 0.133. The van der Waals surface area contributed by atoms with Crippen LogP contribution in [-0.2, 0) is 16.1 Å². The summed E-state index contributed by atoms with van der Waals surface area (Å²) in [6.45, 7) is -0.0514. The van der Waals surface area contributed by atoms with E-state index in [2.05, 4.69) is 4.74 Å². The number of hydrogen-bond donors (Lipinski definition) is 0. The number of amides is 2. The molecule has 0 aromatic carbocycles. The van der Waals surface area contributed by atoms with Crippen LogP contribution in [0.5, 0.6) is 0 Å². The predicted octanol–water partition coefficient (Wildman–Crippen LogP) is 4.02. The lowest BCUT2D eigenvalue weighted by atomic mass is 10.3. The van der Waals surface area contributed by atoms with Crippen molar-refractivity contribution in [3.63, 3.8) is 0 Å². The summed E-state index contributed by atoms with van der Waals surface area (Å²) in [5.41, 5.74) is 0. The van der Waals surface area contributed by atoms with Crippen LogP contribution >= 0.6 is 34.7 Å². The number of halogens is 1. The number of rotatable bonds is 4. The Bertz CT molecular complexity index is 854. The fourth-order valence-electron chi connectivity index (χ4n) is 2.00. The zero-order valence-corrected chi connectivity index (χ0v) is 14.7. The number of methoxy groups -OCH3 is 1. The van der Waals surface area contributed by atoms with Crippen molar-refractivity contribution in [1.82, 2.24) is 4.90 Å². The third-order valence-corrected chi connectivity index (χ3v) is 5.19. The van der Waals surface area contributed by atoms with Crippen molar-refractivity contribution in [3.05, 3.63) is 49.9 Å². The summed E-state index contributed by atoms with van der Waals surface area (Å²) in [7, 11) is 1.24. The molecule has 2 aromatic heterocycles. The zero-order chi connectivity index (χ0) is 17.3. The van der Waals surface area contributed by atoms with Gasteiger partial charge in [-0.25, -0.2) is 4.79 Å². The standard InChI is InChI=1S/C15H10ClNO5S2/c1-21-14(19)10-4-2-8(22-10)7-17-13(18)11(24-15(17)20)6-9-3-5-12(16)23-9/h2-6H,7H2,1H3/b11-6+. The second-order valence-corrected chi connectivity index (χ2v) is 7.41. The fourth-order valence-corrected chi connectivity index (χ4v) is 3.91. The molecule has 0 bridgehead atoms. The van der Waals surface area contributed by atoms with Crippen LogP contribution in [0.15, 0.2) is 33.6 Å². The summed E-state index contributed by atoms with van der Waals surface area (Å²) in [6, 6.07) is 6.46. The van der Waals surface area contributed by atoms with E-state index in [4.69, 9.17) is 16.0 Å². The number of thioether (sulfide) groups is 1. The molecule has 1 fully saturated rings. The summed E-state index contributed by atoms with van der Waals surface area (Å²) in [4.78, 5) is 38.0. The molecule has 0 aliphatic carbocycles. The van der Waals surface area contributed by atoms with E-state index in [0.717, 1.165) is 21.5 Å². The minimum absolute atomic E-state index is 0.0169. The molecule has 0 atom stereocenters. The largest absolute Gasteiger partial charge is 0.463 e. The molecule has 9 heteroatoms. The third-order valence-electron chi connectivity index (χ3n) is 3.10. The van der Waals surface area contributed by atoms with E-state index in [9.17, 15) is 14.4 Å². The highest BCUT2D eigenvalue weighted by atomic mass is 35.5. The smallest absolute Gasteiger partial charge is 0.373 e. The maximum Gasteiger partial charge on any atom is 0.373 e. The number of imide groups is 1. The van der Waals surface area contributed by atoms with E-state index in [0.29, 0.717) is 15.0 Å². The van der Waals surface area contributed by atoms with Gasteiger partial charge in [-0.05, 0) is 42.1 Å². The first-order chi connectivity index (χ1) is 11.5. The van der Waals surface area contributed by atoms with Crippen LogP contribution in [0, 0.1) is 0 Å². The number of carbonyl (C=O) groups excluding carboxylic acids is 3. The van der Waals surface area contributed by atoms with Crippen LogP contribution in [0.25, 0.3) is 6.08 Å². The van der Waals surface area contributed by atoms with Crippen molar-refractivity contribution in [2.75, 3.05) is 7.11 Å². The number of esters is 1. The quantitative estimate of drug-likeness (QED) is 0.586. The number of nitrogens with zero attached hydrogens (tertiary/aromatic N) is 1. The molecule has 1 saturated heterocycles. The van der Waals surface area contributed by atoms with Crippen molar-refractivity contribution >= 4 is 57.9 Å². The van der Waals surface area contributed by atoms with Gasteiger partial charge in [-0.1, -0.05) is 11.6 Å². The van der Waals surface area contributed by atoms with Crippen molar-refractivity contribution in [2.24, 2.45) is 0 Å². The predicted molar refractivity (Wildman–Crippen MR) is 90.9 cm³/mol. The van der Waals surface area contributed by atoms with Crippen molar-refractivity contribution < 1.29 is 23.5 Å². The second-order valence-electron chi connectivity index (χ2n) is 4.67. The van der Waals surface area contributed by atoms with E-state index >= 15 is 0 Å². The molecule has 0 spiro atoms. The van der Waals surface area contributed by atoms with Crippen molar-refractivity contribution in [1.29, 1.82) is 0 Å². The van der Waals surface area contributed by atoms with E-state index in [-0.39, 0.29) is 12.3 Å². The molecular formula is C15H10ClNO5S2. The molecule has 0 unspecified atom stereocenters. The molecule has 3 heterocycles. The van der Waals surface area contributed by atoms with Crippen LogP contribution in [0.4, 0.5) is 4.79 Å². The molecule has 1 aliphatic heterocycles. The molecule has 124 valence electrons. The molecule has 24 heavy (non-hydrogen) atoms. The van der Waals surface area contributed by atoms with Crippen molar-refractivity contribution in [3.8, 4) is 0 Å². The summed E-state index contributed by atoms with van der Waals surface area (Å²) in [5, 5.41) is -0.398. The van der Waals surface area contributed by atoms with Gasteiger partial charge < -0.3 is 9.15 Å². The number of ether oxygens (including phenoxy) is 1. The average molecular weight is 384 g/mol. The first-order valence-electron chi connectivity index (χ1n) is 6.65. The van der Waals surface area contributed by atoms with Crippen LogP contribution in [0.1, 0.15) is 21.2 Å². The SMILES string of the molecule is COC(=O)c1ccc(CN2C(=O)S/C(=C/c3ccc(Cl)s3)C2=O)o1. The third kappa shape index (κ3) is 3.40. The lowest BCUT2D eigenvalue weighted by molar-refractivity contribution is -0.123. The Labute approximate surface area is 150 Å². The molecule has 0 radical (unpaired) electrons. The second kappa shape index (κ2) is 6.84. The molecule has 0 N–H and O–H groups in total. The molecule has 1 aliphatic rings. The molecule has 2 aromatic rings. The van der Waals surface area contributed by atoms with Crippen LogP contribution < -0.4 is 0 Å². The highest BCUT2D eigenvalue weighted by molar-refractivity contribution is 8.18. The Hall–Kier alpha value is -2.03. The maximum atomic E-state index is 12.4. The van der Waals surface area contributed by atoms with E-state index < -0.39 is 17.1 Å². The van der Waals surface area contributed by atoms with E-state index in [1.807, 2.05) is 0 Å². The van der Waals surface area contributed by atoms with E-state index in [1.165, 1.54) is 30.6 Å². The monoisotopic (exact) mass is 383 g/mol. The van der Waals surface area contributed by atoms with Crippen LogP contribution in [0.3, 0.4) is 0 Å². The van der Waals surface area contributed by atoms with Gasteiger partial charge in [-0.2, -0.15) is 0 Å². The van der Waals surface area contributed by atoms with Crippen molar-refractivity contribution in [2.45, 2.75) is 6.54 Å². The average Bonchev–Trinajstić information content (AvgIpc) is 3.24. The van der Waals surface area contributed by atoms with Gasteiger partial charge in [0.15, 0.2) is 0 Å². The van der Waals surface area contributed by atoms with Crippen LogP contribution in [0.2, 0.25) is 4.34 Å². The van der Waals surface area contributed by atoms with Gasteiger partial charge in [-0.3, -0.25) is 14.5 Å². The topological polar surface area (TPSA) is 76.8 Å². The lowest BCUT2D eigenvalue weighted by Crippen LogP contribution is -2.27. The Morgan fingerprint density at radius 1 is 1.33 bits per heavy atom. The summed E-state index contributed by atoms with van der Waals surface area (Å²) in [6.07, 6.45) is 1.63. The number of thiophene rings is 1. The van der Waals surface area contributed by atoms with Gasteiger partial charge in [0, 0.05) is 4.88 Å². The van der Waals surface area contributed by atoms with Gasteiger partial charge in [-0.15, -0.1) is 11.3 Å². The van der Waals surface area contributed by atoms with Gasteiger partial charge in [0.05, 0.1) is 22.9 Å². The normalized spacial score (nSPS) is 16.2. The van der Waals surface area contributed by atoms with E-state index in [1.54, 1.807) is 18.2 Å². The Kier molecular flexibility index (Phi) is 4.79. The summed E-state index contributed by atoms with van der Waals surface area (Å²) >= 11 is 8.02. The first kappa shape index (κ1) is 16.8. The number of furan rings is 1. The van der Waals surface area contributed by atoms with Gasteiger partial charge in [0.1, 0.15) is 5.76 Å².